The predicted octanol–water partition coefficient (Wildman–Crippen LogP) is 2.69. The molecule has 0 fully saturated rings. The maximum Gasteiger partial charge on any atom is 0.162 e. The third-order valence-electron chi connectivity index (χ3n) is 2.49. The maximum atomic E-state index is 11.4. The fourth-order valence-corrected chi connectivity index (χ4v) is 1.81. The molecule has 2 rings (SSSR count). The molecule has 0 amide bonds. The molecular formula is C12H13NO2. The number of H-pyrrole nitrogens is 1. The molecule has 0 aliphatic carbocycles. The number of nitrogens with one attached hydrogen (secondary N) is 1. The van der Waals surface area contributed by atoms with Crippen LogP contribution in [0.2, 0.25) is 0 Å². The number of fused-ring (bicyclic) bond motifs is 1. The van der Waals surface area contributed by atoms with Crippen LogP contribution in [0.15, 0.2) is 18.3 Å². The van der Waals surface area contributed by atoms with Gasteiger partial charge in [0.2, 0.25) is 0 Å². The molecule has 15 heavy (non-hydrogen) atoms. The highest BCUT2D eigenvalue weighted by atomic mass is 16.5. The number of aromatic amines is 1. The Kier molecular flexibility index (Phi) is 2.23. The SMILES string of the molecule is COc1cc(C)cc2[nH]cc(C(C)=O)c12. The number of rotatable bonds is 2. The zero-order valence-electron chi connectivity index (χ0n) is 9.05. The molecule has 0 radical (unpaired) electrons. The van der Waals surface area contributed by atoms with Crippen molar-refractivity contribution in [1.29, 1.82) is 0 Å². The highest BCUT2D eigenvalue weighted by Gasteiger charge is 2.12. The zero-order chi connectivity index (χ0) is 11.0. The summed E-state index contributed by atoms with van der Waals surface area (Å²) in [6.45, 7) is 3.55. The molecule has 0 unspecified atom stereocenters. The van der Waals surface area contributed by atoms with Gasteiger partial charge in [-0.1, -0.05) is 0 Å². The molecule has 1 aromatic carbocycles. The summed E-state index contributed by atoms with van der Waals surface area (Å²) in [7, 11) is 1.62. The van der Waals surface area contributed by atoms with Gasteiger partial charge in [-0.2, -0.15) is 0 Å². The van der Waals surface area contributed by atoms with Gasteiger partial charge >= 0.3 is 0 Å². The van der Waals surface area contributed by atoms with Crippen LogP contribution >= 0.6 is 0 Å². The van der Waals surface area contributed by atoms with Crippen molar-refractivity contribution in [2.75, 3.05) is 7.11 Å². The van der Waals surface area contributed by atoms with Crippen molar-refractivity contribution in [3.05, 3.63) is 29.5 Å². The van der Waals surface area contributed by atoms with E-state index < -0.39 is 0 Å². The molecule has 0 aliphatic rings. The third kappa shape index (κ3) is 1.50. The number of hydrogen-bond acceptors (Lipinski definition) is 2. The van der Waals surface area contributed by atoms with Gasteiger partial charge in [0.15, 0.2) is 5.78 Å². The largest absolute Gasteiger partial charge is 0.496 e. The number of benzene rings is 1. The predicted molar refractivity (Wildman–Crippen MR) is 59.6 cm³/mol. The van der Waals surface area contributed by atoms with Crippen LogP contribution in [0.25, 0.3) is 10.9 Å². The van der Waals surface area contributed by atoms with Gasteiger partial charge in [0.05, 0.1) is 18.0 Å². The minimum absolute atomic E-state index is 0.0448. The van der Waals surface area contributed by atoms with Gasteiger partial charge in [0.1, 0.15) is 5.75 Å². The molecule has 3 heteroatoms. The molecule has 0 aliphatic heterocycles. The fraction of sp³-hybridized carbons (Fsp3) is 0.250. The van der Waals surface area contributed by atoms with Crippen molar-refractivity contribution >= 4 is 16.7 Å². The summed E-state index contributed by atoms with van der Waals surface area (Å²) >= 11 is 0. The van der Waals surface area contributed by atoms with Crippen LogP contribution in [-0.2, 0) is 0 Å². The van der Waals surface area contributed by atoms with E-state index in [9.17, 15) is 4.79 Å². The Bertz CT molecular complexity index is 526. The summed E-state index contributed by atoms with van der Waals surface area (Å²) in [6.07, 6.45) is 1.73. The Morgan fingerprint density at radius 3 is 2.73 bits per heavy atom. The van der Waals surface area contributed by atoms with E-state index in [-0.39, 0.29) is 5.78 Å². The molecular weight excluding hydrogens is 190 g/mol. The molecule has 0 bridgehead atoms. The topological polar surface area (TPSA) is 42.1 Å². The van der Waals surface area contributed by atoms with Crippen molar-refractivity contribution in [1.82, 2.24) is 4.98 Å². The van der Waals surface area contributed by atoms with Crippen LogP contribution in [0.1, 0.15) is 22.8 Å². The Morgan fingerprint density at radius 1 is 1.40 bits per heavy atom. The number of Topliss-reactive ketones (excluding diaryl/α,β-unsaturated/α-hetero) is 1. The van der Waals surface area contributed by atoms with Crippen molar-refractivity contribution in [3.8, 4) is 5.75 Å². The number of aromatic nitrogens is 1. The summed E-state index contributed by atoms with van der Waals surface area (Å²) in [5.41, 5.74) is 2.73. The van der Waals surface area contributed by atoms with E-state index in [4.69, 9.17) is 4.74 Å². The number of methoxy groups -OCH3 is 1. The lowest BCUT2D eigenvalue weighted by atomic mass is 10.1. The third-order valence-corrected chi connectivity index (χ3v) is 2.49. The second-order valence-electron chi connectivity index (χ2n) is 3.65. The Hall–Kier alpha value is -1.77. The molecule has 0 spiro atoms. The van der Waals surface area contributed by atoms with Gasteiger partial charge in [-0.05, 0) is 31.5 Å². The first-order chi connectivity index (χ1) is 7.13. The van der Waals surface area contributed by atoms with Crippen LogP contribution in [-0.4, -0.2) is 17.9 Å². The minimum Gasteiger partial charge on any atom is -0.496 e. The number of carbonyl (C=O) groups is 1. The van der Waals surface area contributed by atoms with E-state index in [1.165, 1.54) is 0 Å². The van der Waals surface area contributed by atoms with Crippen LogP contribution < -0.4 is 4.74 Å². The number of aryl methyl sites for hydroxylation is 1. The Balaban J connectivity index is 2.83. The first kappa shape index (κ1) is 9.77. The Labute approximate surface area is 88.1 Å². The van der Waals surface area contributed by atoms with Crippen LogP contribution in [0.4, 0.5) is 0 Å². The number of ether oxygens (including phenoxy) is 1. The monoisotopic (exact) mass is 203 g/mol. The Morgan fingerprint density at radius 2 is 2.13 bits per heavy atom. The molecule has 2 aromatic rings. The molecule has 3 nitrogen and oxygen atoms in total. The second-order valence-corrected chi connectivity index (χ2v) is 3.65. The molecule has 1 aromatic heterocycles. The molecule has 0 atom stereocenters. The normalized spacial score (nSPS) is 10.6. The first-order valence-electron chi connectivity index (χ1n) is 4.80. The van der Waals surface area contributed by atoms with Crippen molar-refractivity contribution < 1.29 is 9.53 Å². The van der Waals surface area contributed by atoms with E-state index in [1.54, 1.807) is 20.2 Å². The van der Waals surface area contributed by atoms with E-state index in [2.05, 4.69) is 4.98 Å². The molecule has 0 saturated carbocycles. The van der Waals surface area contributed by atoms with Crippen LogP contribution in [0, 0.1) is 6.92 Å². The standard InChI is InChI=1S/C12H13NO2/c1-7-4-10-12(11(5-7)15-3)9(6-13-10)8(2)14/h4-6,13H,1-3H3. The van der Waals surface area contributed by atoms with Crippen LogP contribution in [0.5, 0.6) is 5.75 Å². The van der Waals surface area contributed by atoms with Gasteiger partial charge in [-0.15, -0.1) is 0 Å². The van der Waals surface area contributed by atoms with Crippen LogP contribution in [0.3, 0.4) is 0 Å². The summed E-state index contributed by atoms with van der Waals surface area (Å²) in [6, 6.07) is 3.94. The highest BCUT2D eigenvalue weighted by Crippen LogP contribution is 2.30. The van der Waals surface area contributed by atoms with E-state index in [1.807, 2.05) is 19.1 Å². The average Bonchev–Trinajstić information content (AvgIpc) is 2.59. The maximum absolute atomic E-state index is 11.4. The lowest BCUT2D eigenvalue weighted by molar-refractivity contribution is 0.101. The highest BCUT2D eigenvalue weighted by molar-refractivity contribution is 6.09. The summed E-state index contributed by atoms with van der Waals surface area (Å²) in [4.78, 5) is 14.5. The molecule has 78 valence electrons. The van der Waals surface area contributed by atoms with Gasteiger partial charge in [-0.3, -0.25) is 4.79 Å². The summed E-state index contributed by atoms with van der Waals surface area (Å²) in [5.74, 6) is 0.792. The minimum atomic E-state index is 0.0448. The second kappa shape index (κ2) is 3.42. The lowest BCUT2D eigenvalue weighted by Crippen LogP contribution is -1.92. The summed E-state index contributed by atoms with van der Waals surface area (Å²) < 4.78 is 5.29. The van der Waals surface area contributed by atoms with Crippen molar-refractivity contribution in [3.63, 3.8) is 0 Å². The van der Waals surface area contributed by atoms with Gasteiger partial charge in [0, 0.05) is 11.8 Å². The molecule has 0 saturated heterocycles. The fourth-order valence-electron chi connectivity index (χ4n) is 1.81. The number of carbonyl (C=O) groups excluding carboxylic acids is 1. The quantitative estimate of drug-likeness (QED) is 0.762. The lowest BCUT2D eigenvalue weighted by Gasteiger charge is -2.04. The summed E-state index contributed by atoms with van der Waals surface area (Å²) in [5, 5.41) is 0.871. The van der Waals surface area contributed by atoms with Crippen molar-refractivity contribution in [2.24, 2.45) is 0 Å². The van der Waals surface area contributed by atoms with E-state index in [0.717, 1.165) is 22.2 Å². The number of hydrogen-bond donors (Lipinski definition) is 1. The first-order valence-corrected chi connectivity index (χ1v) is 4.80. The van der Waals surface area contributed by atoms with E-state index >= 15 is 0 Å². The van der Waals surface area contributed by atoms with Gasteiger partial charge in [-0.25, -0.2) is 0 Å². The number of ketones is 1. The molecule has 1 N–H and O–H groups in total. The van der Waals surface area contributed by atoms with E-state index in [0.29, 0.717) is 5.56 Å². The molecule has 1 heterocycles. The van der Waals surface area contributed by atoms with Gasteiger partial charge in [0.25, 0.3) is 0 Å². The zero-order valence-corrected chi connectivity index (χ0v) is 9.05. The van der Waals surface area contributed by atoms with Gasteiger partial charge < -0.3 is 9.72 Å². The smallest absolute Gasteiger partial charge is 0.162 e. The average molecular weight is 203 g/mol. The van der Waals surface area contributed by atoms with Crippen molar-refractivity contribution in [2.45, 2.75) is 13.8 Å².